The smallest absolute Gasteiger partial charge is 0.335 e. The zero-order valence-electron chi connectivity index (χ0n) is 14.5. The summed E-state index contributed by atoms with van der Waals surface area (Å²) >= 11 is 0. The van der Waals surface area contributed by atoms with Crippen molar-refractivity contribution in [1.29, 1.82) is 0 Å². The number of carbonyl (C=O) groups excluding carboxylic acids is 2. The second-order valence-electron chi connectivity index (χ2n) is 6.47. The summed E-state index contributed by atoms with van der Waals surface area (Å²) in [6, 6.07) is 8.76. The number of phenols is 1. The number of aromatic carboxylic acids is 1. The van der Waals surface area contributed by atoms with Gasteiger partial charge in [-0.15, -0.1) is 0 Å². The molecular weight excluding hydrogens is 368 g/mol. The van der Waals surface area contributed by atoms with Crippen molar-refractivity contribution in [3.8, 4) is 17.2 Å². The van der Waals surface area contributed by atoms with E-state index in [-0.39, 0.29) is 42.7 Å². The van der Waals surface area contributed by atoms with Crippen molar-refractivity contribution >= 4 is 29.2 Å². The standard InChI is InChI=1S/C19H16N2O7/c22-14-5-10(19(25)26)1-3-13(14)20-18(24)11-6-17(23)21(8-11)12-2-4-15-16(7-12)28-9-27-15/h1-5,7,11,22H,6,8-9H2,(H,20,24)(H,25,26). The number of aromatic hydroxyl groups is 1. The fraction of sp³-hybridized carbons (Fsp3) is 0.211. The third-order valence-corrected chi connectivity index (χ3v) is 4.67. The third-order valence-electron chi connectivity index (χ3n) is 4.67. The Bertz CT molecular complexity index is 988. The molecule has 2 amide bonds. The minimum Gasteiger partial charge on any atom is -0.506 e. The minimum atomic E-state index is -1.19. The van der Waals surface area contributed by atoms with Gasteiger partial charge in [0.25, 0.3) is 0 Å². The molecule has 9 heteroatoms. The maximum absolute atomic E-state index is 12.5. The zero-order valence-corrected chi connectivity index (χ0v) is 14.5. The lowest BCUT2D eigenvalue weighted by Gasteiger charge is -2.17. The first-order chi connectivity index (χ1) is 13.4. The average molecular weight is 384 g/mol. The van der Waals surface area contributed by atoms with Gasteiger partial charge in [0.15, 0.2) is 11.5 Å². The molecule has 0 radical (unpaired) electrons. The van der Waals surface area contributed by atoms with E-state index < -0.39 is 17.8 Å². The first-order valence-corrected chi connectivity index (χ1v) is 8.49. The molecule has 1 unspecified atom stereocenters. The number of carboxylic acids is 1. The molecule has 28 heavy (non-hydrogen) atoms. The van der Waals surface area contributed by atoms with Gasteiger partial charge in [0, 0.05) is 24.7 Å². The van der Waals surface area contributed by atoms with Crippen LogP contribution in [0.2, 0.25) is 0 Å². The van der Waals surface area contributed by atoms with Crippen LogP contribution in [0, 0.1) is 5.92 Å². The number of hydrogen-bond donors (Lipinski definition) is 3. The number of ether oxygens (including phenoxy) is 2. The summed E-state index contributed by atoms with van der Waals surface area (Å²) in [4.78, 5) is 37.3. The maximum Gasteiger partial charge on any atom is 0.335 e. The van der Waals surface area contributed by atoms with Crippen molar-refractivity contribution < 1.29 is 34.1 Å². The van der Waals surface area contributed by atoms with E-state index in [9.17, 15) is 19.5 Å². The highest BCUT2D eigenvalue weighted by atomic mass is 16.7. The van der Waals surface area contributed by atoms with E-state index >= 15 is 0 Å². The molecule has 2 aliphatic heterocycles. The molecule has 2 aliphatic rings. The van der Waals surface area contributed by atoms with Crippen molar-refractivity contribution in [1.82, 2.24) is 0 Å². The van der Waals surface area contributed by atoms with E-state index in [0.717, 1.165) is 6.07 Å². The van der Waals surface area contributed by atoms with Crippen LogP contribution >= 0.6 is 0 Å². The quantitative estimate of drug-likeness (QED) is 0.687. The Morgan fingerprint density at radius 1 is 1.11 bits per heavy atom. The van der Waals surface area contributed by atoms with Crippen LogP contribution in [-0.4, -0.2) is 41.3 Å². The largest absolute Gasteiger partial charge is 0.506 e. The van der Waals surface area contributed by atoms with Crippen LogP contribution in [0.15, 0.2) is 36.4 Å². The van der Waals surface area contributed by atoms with Gasteiger partial charge < -0.3 is 29.9 Å². The van der Waals surface area contributed by atoms with Crippen LogP contribution in [0.3, 0.4) is 0 Å². The van der Waals surface area contributed by atoms with Crippen molar-refractivity contribution in [3.05, 3.63) is 42.0 Å². The molecule has 2 aromatic carbocycles. The monoisotopic (exact) mass is 384 g/mol. The van der Waals surface area contributed by atoms with Gasteiger partial charge >= 0.3 is 5.97 Å². The van der Waals surface area contributed by atoms with Crippen molar-refractivity contribution in [2.24, 2.45) is 5.92 Å². The first kappa shape index (κ1) is 17.7. The van der Waals surface area contributed by atoms with Gasteiger partial charge in [-0.2, -0.15) is 0 Å². The normalized spacial score (nSPS) is 17.6. The number of nitrogens with one attached hydrogen (secondary N) is 1. The second kappa shape index (κ2) is 6.76. The van der Waals surface area contributed by atoms with Gasteiger partial charge in [0.2, 0.25) is 18.6 Å². The number of nitrogens with zero attached hydrogens (tertiary/aromatic N) is 1. The summed E-state index contributed by atoms with van der Waals surface area (Å²) in [5, 5.41) is 21.4. The molecule has 9 nitrogen and oxygen atoms in total. The number of fused-ring (bicyclic) bond motifs is 1. The average Bonchev–Trinajstić information content (AvgIpc) is 3.28. The molecular formula is C19H16N2O7. The highest BCUT2D eigenvalue weighted by Crippen LogP contribution is 2.37. The molecule has 0 spiro atoms. The fourth-order valence-electron chi connectivity index (χ4n) is 3.19. The highest BCUT2D eigenvalue weighted by molar-refractivity contribution is 6.04. The maximum atomic E-state index is 12.5. The Morgan fingerprint density at radius 3 is 2.64 bits per heavy atom. The number of hydrogen-bond acceptors (Lipinski definition) is 6. The Hall–Kier alpha value is -3.75. The molecule has 1 saturated heterocycles. The number of phenolic OH excluding ortho intramolecular Hbond substituents is 1. The molecule has 2 heterocycles. The van der Waals surface area contributed by atoms with Gasteiger partial charge in [-0.05, 0) is 30.3 Å². The van der Waals surface area contributed by atoms with Crippen LogP contribution < -0.4 is 19.7 Å². The number of carboxylic acid groups (broad SMARTS) is 1. The van der Waals surface area contributed by atoms with Crippen LogP contribution in [0.5, 0.6) is 17.2 Å². The van der Waals surface area contributed by atoms with E-state index in [1.54, 1.807) is 18.2 Å². The first-order valence-electron chi connectivity index (χ1n) is 8.49. The van der Waals surface area contributed by atoms with E-state index in [4.69, 9.17) is 14.6 Å². The second-order valence-corrected chi connectivity index (χ2v) is 6.47. The van der Waals surface area contributed by atoms with Crippen LogP contribution in [0.1, 0.15) is 16.8 Å². The molecule has 1 fully saturated rings. The highest BCUT2D eigenvalue weighted by Gasteiger charge is 2.36. The molecule has 0 aromatic heterocycles. The Balaban J connectivity index is 1.46. The lowest BCUT2D eigenvalue weighted by molar-refractivity contribution is -0.122. The molecule has 0 saturated carbocycles. The SMILES string of the molecule is O=C(O)c1ccc(NC(=O)C2CC(=O)N(c3ccc4c(c3)OCO4)C2)c(O)c1. The predicted molar refractivity (Wildman–Crippen MR) is 96.7 cm³/mol. The van der Waals surface area contributed by atoms with E-state index in [2.05, 4.69) is 5.32 Å². The topological polar surface area (TPSA) is 125 Å². The summed E-state index contributed by atoms with van der Waals surface area (Å²) in [7, 11) is 0. The van der Waals surface area contributed by atoms with Crippen LogP contribution in [-0.2, 0) is 9.59 Å². The summed E-state index contributed by atoms with van der Waals surface area (Å²) in [6.07, 6.45) is 0.0221. The van der Waals surface area contributed by atoms with Crippen molar-refractivity contribution in [2.75, 3.05) is 23.6 Å². The summed E-state index contributed by atoms with van der Waals surface area (Å²) < 4.78 is 10.6. The van der Waals surface area contributed by atoms with E-state index in [1.165, 1.54) is 17.0 Å². The summed E-state index contributed by atoms with van der Waals surface area (Å²) in [6.45, 7) is 0.306. The fourth-order valence-corrected chi connectivity index (χ4v) is 3.19. The molecule has 0 aliphatic carbocycles. The van der Waals surface area contributed by atoms with E-state index in [0.29, 0.717) is 17.2 Å². The number of amides is 2. The Kier molecular flexibility index (Phi) is 4.26. The number of rotatable bonds is 4. The summed E-state index contributed by atoms with van der Waals surface area (Å²) in [5.74, 6) is -1.65. The van der Waals surface area contributed by atoms with Crippen molar-refractivity contribution in [2.45, 2.75) is 6.42 Å². The Morgan fingerprint density at radius 2 is 1.89 bits per heavy atom. The molecule has 0 bridgehead atoms. The lowest BCUT2D eigenvalue weighted by atomic mass is 10.1. The molecule has 4 rings (SSSR count). The lowest BCUT2D eigenvalue weighted by Crippen LogP contribution is -2.28. The number of carbonyl (C=O) groups is 3. The molecule has 2 aromatic rings. The number of anilines is 2. The minimum absolute atomic E-state index is 0.0221. The van der Waals surface area contributed by atoms with Crippen LogP contribution in [0.4, 0.5) is 11.4 Å². The molecule has 3 N–H and O–H groups in total. The number of benzene rings is 2. The Labute approximate surface area is 159 Å². The van der Waals surface area contributed by atoms with Gasteiger partial charge in [0.1, 0.15) is 5.75 Å². The van der Waals surface area contributed by atoms with Crippen molar-refractivity contribution in [3.63, 3.8) is 0 Å². The van der Waals surface area contributed by atoms with Crippen LogP contribution in [0.25, 0.3) is 0 Å². The van der Waals surface area contributed by atoms with Gasteiger partial charge in [0.05, 0.1) is 17.2 Å². The van der Waals surface area contributed by atoms with E-state index in [1.807, 2.05) is 0 Å². The summed E-state index contributed by atoms with van der Waals surface area (Å²) in [5.41, 5.74) is 0.600. The van der Waals surface area contributed by atoms with Gasteiger partial charge in [-0.25, -0.2) is 4.79 Å². The zero-order chi connectivity index (χ0) is 19.8. The third kappa shape index (κ3) is 3.18. The molecule has 144 valence electrons. The molecule has 1 atom stereocenters. The van der Waals surface area contributed by atoms with Gasteiger partial charge in [-0.3, -0.25) is 9.59 Å². The predicted octanol–water partition coefficient (Wildman–Crippen LogP) is 1.81. The van der Waals surface area contributed by atoms with Gasteiger partial charge in [-0.1, -0.05) is 0 Å².